The summed E-state index contributed by atoms with van der Waals surface area (Å²) >= 11 is 3.10. The lowest BCUT2D eigenvalue weighted by molar-refractivity contribution is 0.368. The van der Waals surface area contributed by atoms with Gasteiger partial charge in [0.15, 0.2) is 0 Å². The van der Waals surface area contributed by atoms with Gasteiger partial charge < -0.3 is 17.3 Å². The lowest BCUT2D eigenvalue weighted by atomic mass is 10.3. The molecule has 0 aromatic carbocycles. The zero-order valence-corrected chi connectivity index (χ0v) is 5.81. The van der Waals surface area contributed by atoms with Gasteiger partial charge in [-0.25, -0.2) is 0 Å². The van der Waals surface area contributed by atoms with E-state index >= 15 is 0 Å². The van der Waals surface area contributed by atoms with Gasteiger partial charge in [-0.1, -0.05) is 0 Å². The molecule has 0 nitrogen and oxygen atoms in total. The average molecular weight is 168 g/mol. The maximum Gasteiger partial charge on any atom is 0.673 e. The quantitative estimate of drug-likeness (QED) is 0.229. The molecule has 0 spiro atoms. The van der Waals surface area contributed by atoms with Crippen molar-refractivity contribution in [1.29, 1.82) is 0 Å². The summed E-state index contributed by atoms with van der Waals surface area (Å²) in [5.74, 6) is 0. The van der Waals surface area contributed by atoms with Gasteiger partial charge in [0, 0.05) is 17.9 Å². The predicted octanol–water partition coefficient (Wildman–Crippen LogP) is 1.58. The standard InChI is InChI=1S/CH4S2.BF4/c1-3-2;2-1(3,4)5/h2H,1H3;/q;-1/p+1. The fourth-order valence-electron chi connectivity index (χ4n) is 0. The van der Waals surface area contributed by atoms with Gasteiger partial charge >= 0.3 is 7.25 Å². The zero-order valence-electron chi connectivity index (χ0n) is 4.00. The smallest absolute Gasteiger partial charge is 0.418 e. The Hall–Kier alpha value is 0.485. The number of hydrogen-bond donors (Lipinski definition) is 0. The van der Waals surface area contributed by atoms with Crippen LogP contribution in [0.4, 0.5) is 17.3 Å². The van der Waals surface area contributed by atoms with E-state index in [9.17, 15) is 17.3 Å². The molecule has 0 amide bonds. The Morgan fingerprint density at radius 2 is 1.25 bits per heavy atom. The molecule has 0 aromatic rings. The fourth-order valence-corrected chi connectivity index (χ4v) is 0. The minimum absolute atomic E-state index is 1.56. The molecule has 7 heteroatoms. The van der Waals surface area contributed by atoms with E-state index in [1.165, 1.54) is 0 Å². The van der Waals surface area contributed by atoms with Crippen molar-refractivity contribution in [2.24, 2.45) is 0 Å². The monoisotopic (exact) mass is 168 g/mol. The zero-order chi connectivity index (χ0) is 7.21. The summed E-state index contributed by atoms with van der Waals surface area (Å²) in [7, 11) is -4.44. The van der Waals surface area contributed by atoms with Crippen LogP contribution in [0.15, 0.2) is 0 Å². The molecule has 0 saturated carbocycles. The SMILES string of the molecule is CS[SH2+].F[B-](F)(F)F. The highest BCUT2D eigenvalue weighted by Gasteiger charge is 2.20. The molecular weight excluding hydrogens is 163 g/mol. The third-order valence-corrected chi connectivity index (χ3v) is 0. The highest BCUT2D eigenvalue weighted by atomic mass is 33.1. The molecule has 0 atom stereocenters. The van der Waals surface area contributed by atoms with E-state index in [4.69, 9.17) is 0 Å². The van der Waals surface area contributed by atoms with Crippen LogP contribution in [0.2, 0.25) is 0 Å². The van der Waals surface area contributed by atoms with Crippen molar-refractivity contribution < 1.29 is 17.3 Å². The van der Waals surface area contributed by atoms with Crippen molar-refractivity contribution in [2.75, 3.05) is 6.26 Å². The van der Waals surface area contributed by atoms with E-state index < -0.39 is 7.25 Å². The average Bonchev–Trinajstić information content (AvgIpc) is 1.27. The van der Waals surface area contributed by atoms with Gasteiger partial charge in [-0.15, -0.1) is 0 Å². The van der Waals surface area contributed by atoms with Crippen molar-refractivity contribution in [3.05, 3.63) is 0 Å². The molecule has 0 bridgehead atoms. The van der Waals surface area contributed by atoms with Crippen LogP contribution in [0.25, 0.3) is 0 Å². The Morgan fingerprint density at radius 3 is 1.25 bits per heavy atom. The van der Waals surface area contributed by atoms with E-state index in [1.54, 1.807) is 10.8 Å². The second-order valence-corrected chi connectivity index (χ2v) is 2.33. The second kappa shape index (κ2) is 5.62. The fraction of sp³-hybridized carbons (Fsp3) is 1.00. The lowest BCUT2D eigenvalue weighted by Gasteiger charge is -1.94. The van der Waals surface area contributed by atoms with Gasteiger partial charge in [0.25, 0.3) is 0 Å². The molecule has 0 N–H and O–H groups in total. The first-order valence-corrected chi connectivity index (χ1v) is 3.93. The van der Waals surface area contributed by atoms with Crippen molar-refractivity contribution in [2.45, 2.75) is 0 Å². The van der Waals surface area contributed by atoms with Crippen LogP contribution in [-0.2, 0) is 11.7 Å². The highest BCUT2D eigenvalue weighted by Crippen LogP contribution is 2.06. The Bertz CT molecular complexity index is 37.8. The first-order chi connectivity index (χ1) is 3.41. The lowest BCUT2D eigenvalue weighted by Crippen LogP contribution is -2.02. The van der Waals surface area contributed by atoms with Crippen LogP contribution in [-0.4, -0.2) is 13.5 Å². The van der Waals surface area contributed by atoms with Gasteiger partial charge in [-0.2, -0.15) is 0 Å². The Morgan fingerprint density at radius 1 is 1.25 bits per heavy atom. The van der Waals surface area contributed by atoms with Crippen LogP contribution in [0, 0.1) is 0 Å². The van der Waals surface area contributed by atoms with Crippen LogP contribution in [0.1, 0.15) is 0 Å². The summed E-state index contributed by atoms with van der Waals surface area (Å²) in [5.41, 5.74) is 0. The molecule has 0 aliphatic rings. The summed E-state index contributed by atoms with van der Waals surface area (Å²) in [6, 6.07) is 0. The van der Waals surface area contributed by atoms with Crippen molar-refractivity contribution >= 4 is 29.7 Å². The molecule has 0 aromatic heterocycles. The molecular formula is CH5BF4S2. The highest BCUT2D eigenvalue weighted by molar-refractivity contribution is 8.58. The third kappa shape index (κ3) is 830. The van der Waals surface area contributed by atoms with Crippen LogP contribution < -0.4 is 0 Å². The molecule has 0 fully saturated rings. The Kier molecular flexibility index (Phi) is 7.94. The normalized spacial score (nSPS) is 9.75. The second-order valence-electron chi connectivity index (χ2n) is 0.699. The first kappa shape index (κ1) is 11.3. The van der Waals surface area contributed by atoms with E-state index in [2.05, 4.69) is 11.7 Å². The van der Waals surface area contributed by atoms with E-state index in [0.29, 0.717) is 0 Å². The van der Waals surface area contributed by atoms with Crippen molar-refractivity contribution in [3.8, 4) is 0 Å². The maximum absolute atomic E-state index is 9.75. The molecule has 0 aliphatic carbocycles. The van der Waals surface area contributed by atoms with Gasteiger partial charge in [-0.3, -0.25) is 0 Å². The Balaban J connectivity index is 0. The van der Waals surface area contributed by atoms with Gasteiger partial charge in [0.05, 0.1) is 10.8 Å². The molecule has 0 heterocycles. The Labute approximate surface area is 53.9 Å². The minimum atomic E-state index is -6.00. The molecule has 52 valence electrons. The predicted molar refractivity (Wildman–Crippen MR) is 33.9 cm³/mol. The topological polar surface area (TPSA) is 0 Å². The van der Waals surface area contributed by atoms with Crippen LogP contribution in [0.3, 0.4) is 0 Å². The summed E-state index contributed by atoms with van der Waals surface area (Å²) in [4.78, 5) is 0. The van der Waals surface area contributed by atoms with Crippen LogP contribution in [0.5, 0.6) is 0 Å². The summed E-state index contributed by atoms with van der Waals surface area (Å²) in [6.07, 6.45) is 1.96. The van der Waals surface area contributed by atoms with Gasteiger partial charge in [0.2, 0.25) is 0 Å². The van der Waals surface area contributed by atoms with Gasteiger partial charge in [-0.05, 0) is 0 Å². The summed E-state index contributed by atoms with van der Waals surface area (Å²) < 4.78 is 39.0. The maximum atomic E-state index is 9.75. The third-order valence-electron chi connectivity index (χ3n) is 0. The van der Waals surface area contributed by atoms with Crippen molar-refractivity contribution in [1.82, 2.24) is 0 Å². The van der Waals surface area contributed by atoms with Crippen LogP contribution >= 0.6 is 10.8 Å². The van der Waals surface area contributed by atoms with E-state index in [1.807, 2.05) is 6.26 Å². The molecule has 0 radical (unpaired) electrons. The van der Waals surface area contributed by atoms with Crippen molar-refractivity contribution in [3.63, 3.8) is 0 Å². The molecule has 8 heavy (non-hydrogen) atoms. The van der Waals surface area contributed by atoms with E-state index in [0.717, 1.165) is 0 Å². The number of rotatable bonds is 0. The minimum Gasteiger partial charge on any atom is -0.418 e. The number of hydrogen-bond acceptors (Lipinski definition) is 1. The first-order valence-electron chi connectivity index (χ1n) is 1.49. The summed E-state index contributed by atoms with van der Waals surface area (Å²) in [6.45, 7) is 0. The molecule has 0 rings (SSSR count). The van der Waals surface area contributed by atoms with Gasteiger partial charge in [0.1, 0.15) is 0 Å². The molecule has 0 unspecified atom stereocenters. The number of halogens is 4. The largest absolute Gasteiger partial charge is 0.673 e. The molecule has 0 saturated heterocycles. The molecule has 0 aliphatic heterocycles. The summed E-state index contributed by atoms with van der Waals surface area (Å²) in [5, 5.41) is 0. The van der Waals surface area contributed by atoms with E-state index in [-0.39, 0.29) is 0 Å².